The Balaban J connectivity index is 2.15. The van der Waals surface area contributed by atoms with E-state index in [0.29, 0.717) is 0 Å². The van der Waals surface area contributed by atoms with Gasteiger partial charge in [0.05, 0.1) is 16.0 Å². The minimum Gasteiger partial charge on any atom is -0.339 e. The molecule has 1 aliphatic carbocycles. The molecule has 2 fully saturated rings. The Bertz CT molecular complexity index is 450. The molecule has 0 aromatic rings. The van der Waals surface area contributed by atoms with E-state index < -0.39 is 20.1 Å². The molecule has 0 spiro atoms. The van der Waals surface area contributed by atoms with Gasteiger partial charge >= 0.3 is 0 Å². The van der Waals surface area contributed by atoms with Gasteiger partial charge in [0.2, 0.25) is 5.91 Å². The third kappa shape index (κ3) is 2.16. The van der Waals surface area contributed by atoms with E-state index in [1.807, 2.05) is 0 Å². The molecule has 1 amide bonds. The van der Waals surface area contributed by atoms with Crippen LogP contribution in [0.25, 0.3) is 0 Å². The molecule has 1 saturated heterocycles. The second kappa shape index (κ2) is 4.20. The molecule has 1 saturated carbocycles. The van der Waals surface area contributed by atoms with Gasteiger partial charge in [0.15, 0.2) is 9.84 Å². The summed E-state index contributed by atoms with van der Waals surface area (Å²) in [6, 6.07) is 0. The number of carbonyl (C=O) groups is 1. The maximum absolute atomic E-state index is 12.4. The quantitative estimate of drug-likeness (QED) is 0.745. The monoisotopic (exact) mass is 274 g/mol. The lowest BCUT2D eigenvalue weighted by molar-refractivity contribution is -0.137. The second-order valence-corrected chi connectivity index (χ2v) is 8.91. The average molecular weight is 274 g/mol. The van der Waals surface area contributed by atoms with Crippen LogP contribution in [0.15, 0.2) is 0 Å². The van der Waals surface area contributed by atoms with Crippen molar-refractivity contribution >= 4 is 15.7 Å². The number of amides is 1. The summed E-state index contributed by atoms with van der Waals surface area (Å²) in [6.45, 7) is 3.90. The van der Waals surface area contributed by atoms with Crippen molar-refractivity contribution in [1.82, 2.24) is 4.90 Å². The first-order chi connectivity index (χ1) is 8.18. The van der Waals surface area contributed by atoms with Crippen molar-refractivity contribution in [3.8, 4) is 0 Å². The van der Waals surface area contributed by atoms with Crippen LogP contribution in [0.2, 0.25) is 0 Å². The lowest BCUT2D eigenvalue weighted by Crippen LogP contribution is -2.61. The van der Waals surface area contributed by atoms with Gasteiger partial charge in [0, 0.05) is 13.1 Å². The summed E-state index contributed by atoms with van der Waals surface area (Å²) in [5.41, 5.74) is 5.40. The Morgan fingerprint density at radius 2 is 1.78 bits per heavy atom. The predicted molar refractivity (Wildman–Crippen MR) is 69.8 cm³/mol. The minimum atomic E-state index is -3.11. The molecule has 0 bridgehead atoms. The van der Waals surface area contributed by atoms with Crippen LogP contribution in [0.1, 0.15) is 39.5 Å². The van der Waals surface area contributed by atoms with E-state index in [2.05, 4.69) is 0 Å². The molecule has 5 nitrogen and oxygen atoms in total. The topological polar surface area (TPSA) is 80.5 Å². The lowest BCUT2D eigenvalue weighted by atomic mass is 9.96. The van der Waals surface area contributed by atoms with Crippen molar-refractivity contribution < 1.29 is 13.2 Å². The zero-order chi connectivity index (χ0) is 13.6. The van der Waals surface area contributed by atoms with Gasteiger partial charge in [-0.2, -0.15) is 0 Å². The number of rotatable bonds is 1. The smallest absolute Gasteiger partial charge is 0.242 e. The molecule has 2 N–H and O–H groups in total. The highest BCUT2D eigenvalue weighted by atomic mass is 32.2. The van der Waals surface area contributed by atoms with Gasteiger partial charge in [-0.1, -0.05) is 12.8 Å². The first kappa shape index (κ1) is 13.8. The van der Waals surface area contributed by atoms with Crippen molar-refractivity contribution in [2.24, 2.45) is 5.73 Å². The number of carbonyl (C=O) groups excluding carboxylic acids is 1. The molecule has 6 heteroatoms. The van der Waals surface area contributed by atoms with Gasteiger partial charge in [-0.25, -0.2) is 8.42 Å². The first-order valence-corrected chi connectivity index (χ1v) is 8.14. The van der Waals surface area contributed by atoms with E-state index in [-0.39, 0.29) is 24.7 Å². The van der Waals surface area contributed by atoms with E-state index in [9.17, 15) is 13.2 Å². The van der Waals surface area contributed by atoms with Crippen LogP contribution in [0.4, 0.5) is 0 Å². The fourth-order valence-electron chi connectivity index (χ4n) is 2.85. The lowest BCUT2D eigenvalue weighted by Gasteiger charge is -2.40. The van der Waals surface area contributed by atoms with Crippen LogP contribution in [0.5, 0.6) is 0 Å². The maximum Gasteiger partial charge on any atom is 0.242 e. The van der Waals surface area contributed by atoms with E-state index in [1.165, 1.54) is 0 Å². The molecule has 2 aliphatic rings. The highest BCUT2D eigenvalue weighted by Gasteiger charge is 2.46. The van der Waals surface area contributed by atoms with Gasteiger partial charge in [0.25, 0.3) is 0 Å². The standard InChI is InChI=1S/C12H22N2O3S/c1-11(2)9-14(7-8-18(11,16)17)10(15)12(13)5-3-4-6-12/h3-9,13H2,1-2H3. The molecule has 0 aromatic heterocycles. The Labute approximate surface area is 109 Å². The van der Waals surface area contributed by atoms with Crippen molar-refractivity contribution in [3.63, 3.8) is 0 Å². The summed E-state index contributed by atoms with van der Waals surface area (Å²) in [4.78, 5) is 14.1. The summed E-state index contributed by atoms with van der Waals surface area (Å²) in [7, 11) is -3.11. The highest BCUT2D eigenvalue weighted by Crippen LogP contribution is 2.31. The van der Waals surface area contributed by atoms with Gasteiger partial charge in [-0.3, -0.25) is 4.79 Å². The molecular formula is C12H22N2O3S. The molecular weight excluding hydrogens is 252 g/mol. The summed E-state index contributed by atoms with van der Waals surface area (Å²) in [5.74, 6) is -0.0232. The molecule has 18 heavy (non-hydrogen) atoms. The Morgan fingerprint density at radius 3 is 2.28 bits per heavy atom. The summed E-state index contributed by atoms with van der Waals surface area (Å²) >= 11 is 0. The summed E-state index contributed by atoms with van der Waals surface area (Å²) < 4.78 is 22.9. The second-order valence-electron chi connectivity index (χ2n) is 6.17. The van der Waals surface area contributed by atoms with Gasteiger partial charge in [-0.15, -0.1) is 0 Å². The molecule has 0 unspecified atom stereocenters. The van der Waals surface area contributed by atoms with Crippen molar-refractivity contribution in [3.05, 3.63) is 0 Å². The highest BCUT2D eigenvalue weighted by molar-refractivity contribution is 7.92. The van der Waals surface area contributed by atoms with Crippen LogP contribution >= 0.6 is 0 Å². The fraction of sp³-hybridized carbons (Fsp3) is 0.917. The van der Waals surface area contributed by atoms with Gasteiger partial charge in [-0.05, 0) is 26.7 Å². The van der Waals surface area contributed by atoms with Crippen molar-refractivity contribution in [2.45, 2.75) is 49.8 Å². The van der Waals surface area contributed by atoms with Gasteiger partial charge in [0.1, 0.15) is 0 Å². The third-order valence-corrected chi connectivity index (χ3v) is 6.79. The molecule has 2 rings (SSSR count). The zero-order valence-electron chi connectivity index (χ0n) is 11.1. The van der Waals surface area contributed by atoms with Crippen LogP contribution in [0.3, 0.4) is 0 Å². The van der Waals surface area contributed by atoms with E-state index in [4.69, 9.17) is 5.73 Å². The summed E-state index contributed by atoms with van der Waals surface area (Å²) in [5, 5.41) is 0. The van der Waals surface area contributed by atoms with Crippen LogP contribution < -0.4 is 5.73 Å². The Hall–Kier alpha value is -0.620. The molecule has 0 aromatic carbocycles. The normalized spacial score (nSPS) is 29.2. The molecule has 0 radical (unpaired) electrons. The first-order valence-electron chi connectivity index (χ1n) is 6.49. The van der Waals surface area contributed by atoms with Crippen LogP contribution in [-0.2, 0) is 14.6 Å². The minimum absolute atomic E-state index is 0.0435. The largest absolute Gasteiger partial charge is 0.339 e. The Kier molecular flexibility index (Phi) is 3.22. The van der Waals surface area contributed by atoms with E-state index in [1.54, 1.807) is 18.7 Å². The molecule has 0 atom stereocenters. The number of nitrogens with two attached hydrogens (primary N) is 1. The van der Waals surface area contributed by atoms with Crippen LogP contribution in [0, 0.1) is 0 Å². The predicted octanol–water partition coefficient (Wildman–Crippen LogP) is 0.293. The molecule has 104 valence electrons. The maximum atomic E-state index is 12.4. The average Bonchev–Trinajstić information content (AvgIpc) is 2.70. The fourth-order valence-corrected chi connectivity index (χ4v) is 4.22. The van der Waals surface area contributed by atoms with Crippen molar-refractivity contribution in [2.75, 3.05) is 18.8 Å². The molecule has 1 heterocycles. The SMILES string of the molecule is CC1(C)CN(C(=O)C2(N)CCCC2)CCS1(=O)=O. The number of sulfone groups is 1. The van der Waals surface area contributed by atoms with Crippen LogP contribution in [-0.4, -0.2) is 48.4 Å². The van der Waals surface area contributed by atoms with Gasteiger partial charge < -0.3 is 10.6 Å². The third-order valence-electron chi connectivity index (χ3n) is 4.25. The van der Waals surface area contributed by atoms with E-state index >= 15 is 0 Å². The number of nitrogens with zero attached hydrogens (tertiary/aromatic N) is 1. The number of hydrogen-bond acceptors (Lipinski definition) is 4. The Morgan fingerprint density at radius 1 is 1.22 bits per heavy atom. The van der Waals surface area contributed by atoms with E-state index in [0.717, 1.165) is 25.7 Å². The zero-order valence-corrected chi connectivity index (χ0v) is 11.9. The molecule has 1 aliphatic heterocycles. The summed E-state index contributed by atoms with van der Waals surface area (Å²) in [6.07, 6.45) is 3.40. The van der Waals surface area contributed by atoms with Crippen molar-refractivity contribution in [1.29, 1.82) is 0 Å². The number of hydrogen-bond donors (Lipinski definition) is 1.